The van der Waals surface area contributed by atoms with Gasteiger partial charge in [0.1, 0.15) is 11.5 Å². The van der Waals surface area contributed by atoms with Crippen LogP contribution >= 0.6 is 0 Å². The van der Waals surface area contributed by atoms with E-state index in [0.717, 1.165) is 16.9 Å². The van der Waals surface area contributed by atoms with Crippen LogP contribution in [0.25, 0.3) is 22.8 Å². The fraction of sp³-hybridized carbons (Fsp3) is 0.143. The Hall–Kier alpha value is -3.94. The number of carbonyl (C=O) groups is 1. The number of methoxy groups -OCH3 is 1. The highest BCUT2D eigenvalue weighted by Gasteiger charge is 2.20. The number of oxazole rings is 1. The highest BCUT2D eigenvalue weighted by molar-refractivity contribution is 5.88. The molecule has 0 saturated carbocycles. The molecule has 2 aromatic heterocycles. The Balaban J connectivity index is 1.42. The summed E-state index contributed by atoms with van der Waals surface area (Å²) in [6, 6.07) is 16.5. The van der Waals surface area contributed by atoms with Crippen LogP contribution in [0.15, 0.2) is 63.5 Å². The minimum Gasteiger partial charge on any atom is -0.497 e. The maximum absolute atomic E-state index is 12.4. The van der Waals surface area contributed by atoms with E-state index in [4.69, 9.17) is 18.4 Å². The van der Waals surface area contributed by atoms with Crippen LogP contribution < -0.4 is 4.74 Å². The smallest absolute Gasteiger partial charge is 0.361 e. The fourth-order valence-electron chi connectivity index (χ4n) is 2.66. The van der Waals surface area contributed by atoms with Crippen molar-refractivity contribution >= 4 is 5.97 Å². The summed E-state index contributed by atoms with van der Waals surface area (Å²) in [6.07, 6.45) is 0. The lowest BCUT2D eigenvalue weighted by Gasteiger charge is -1.99. The van der Waals surface area contributed by atoms with Gasteiger partial charge in [-0.3, -0.25) is 0 Å². The van der Waals surface area contributed by atoms with Gasteiger partial charge in [-0.1, -0.05) is 23.4 Å². The summed E-state index contributed by atoms with van der Waals surface area (Å²) in [5.74, 6) is 1.39. The standard InChI is InChI=1S/C21H17N3O5/c1-13-18(23-20(28-13)15-6-4-3-5-7-15)21(25)27-12-17-22-19(24-29-17)14-8-10-16(26-2)11-9-14/h3-11H,12H2,1-2H3. The maximum Gasteiger partial charge on any atom is 0.361 e. The Kier molecular flexibility index (Phi) is 5.07. The molecule has 0 amide bonds. The summed E-state index contributed by atoms with van der Waals surface area (Å²) in [5.41, 5.74) is 1.64. The monoisotopic (exact) mass is 391 g/mol. The zero-order chi connectivity index (χ0) is 20.2. The molecule has 2 heterocycles. The predicted octanol–water partition coefficient (Wildman–Crippen LogP) is 4.07. The minimum atomic E-state index is -0.627. The van der Waals surface area contributed by atoms with E-state index in [1.807, 2.05) is 42.5 Å². The van der Waals surface area contributed by atoms with Gasteiger partial charge in [0.25, 0.3) is 5.89 Å². The molecule has 0 atom stereocenters. The molecular weight excluding hydrogens is 374 g/mol. The molecular formula is C21H17N3O5. The molecule has 0 spiro atoms. The van der Waals surface area contributed by atoms with Crippen LogP contribution in [0.2, 0.25) is 0 Å². The van der Waals surface area contributed by atoms with E-state index in [2.05, 4.69) is 15.1 Å². The predicted molar refractivity (Wildman–Crippen MR) is 102 cm³/mol. The molecule has 0 unspecified atom stereocenters. The van der Waals surface area contributed by atoms with Crippen molar-refractivity contribution in [2.24, 2.45) is 0 Å². The van der Waals surface area contributed by atoms with Crippen LogP contribution in [0.3, 0.4) is 0 Å². The lowest BCUT2D eigenvalue weighted by molar-refractivity contribution is 0.0421. The molecule has 0 fully saturated rings. The van der Waals surface area contributed by atoms with Crippen LogP contribution in [-0.4, -0.2) is 28.2 Å². The van der Waals surface area contributed by atoms with Crippen molar-refractivity contribution in [1.82, 2.24) is 15.1 Å². The SMILES string of the molecule is COc1ccc(-c2noc(COC(=O)c3nc(-c4ccccc4)oc3C)n2)cc1. The topological polar surface area (TPSA) is 100 Å². The first-order valence-electron chi connectivity index (χ1n) is 8.81. The molecule has 0 radical (unpaired) electrons. The summed E-state index contributed by atoms with van der Waals surface area (Å²) in [5, 5.41) is 3.90. The number of hydrogen-bond donors (Lipinski definition) is 0. The summed E-state index contributed by atoms with van der Waals surface area (Å²) in [6.45, 7) is 1.49. The number of aryl methyl sites for hydroxylation is 1. The van der Waals surface area contributed by atoms with Gasteiger partial charge in [-0.25, -0.2) is 9.78 Å². The highest BCUT2D eigenvalue weighted by Crippen LogP contribution is 2.23. The van der Waals surface area contributed by atoms with Crippen molar-refractivity contribution < 1.29 is 23.2 Å². The molecule has 0 N–H and O–H groups in total. The molecule has 146 valence electrons. The third-order valence-electron chi connectivity index (χ3n) is 4.15. The summed E-state index contributed by atoms with van der Waals surface area (Å²) in [4.78, 5) is 20.9. The van der Waals surface area contributed by atoms with Gasteiger partial charge in [-0.05, 0) is 43.3 Å². The van der Waals surface area contributed by atoms with Crippen LogP contribution in [0.5, 0.6) is 5.75 Å². The Morgan fingerprint density at radius 2 is 1.76 bits per heavy atom. The summed E-state index contributed by atoms with van der Waals surface area (Å²) in [7, 11) is 1.59. The minimum absolute atomic E-state index is 0.110. The van der Waals surface area contributed by atoms with Crippen molar-refractivity contribution in [3.8, 4) is 28.6 Å². The van der Waals surface area contributed by atoms with E-state index in [0.29, 0.717) is 17.5 Å². The first-order valence-corrected chi connectivity index (χ1v) is 8.81. The number of benzene rings is 2. The van der Waals surface area contributed by atoms with Crippen LogP contribution in [0, 0.1) is 6.92 Å². The molecule has 0 bridgehead atoms. The molecule has 4 aromatic rings. The van der Waals surface area contributed by atoms with Crippen LogP contribution in [0.1, 0.15) is 22.1 Å². The van der Waals surface area contributed by atoms with E-state index in [1.54, 1.807) is 26.2 Å². The number of hydrogen-bond acceptors (Lipinski definition) is 8. The van der Waals surface area contributed by atoms with Gasteiger partial charge in [0.05, 0.1) is 7.11 Å². The van der Waals surface area contributed by atoms with Gasteiger partial charge in [0.2, 0.25) is 11.7 Å². The third kappa shape index (κ3) is 4.01. The van der Waals surface area contributed by atoms with E-state index < -0.39 is 5.97 Å². The second-order valence-corrected chi connectivity index (χ2v) is 6.11. The Labute approximate surface area is 166 Å². The number of aromatic nitrogens is 3. The van der Waals surface area contributed by atoms with Gasteiger partial charge in [0.15, 0.2) is 12.3 Å². The molecule has 2 aromatic carbocycles. The number of nitrogens with zero attached hydrogens (tertiary/aromatic N) is 3. The quantitative estimate of drug-likeness (QED) is 0.454. The average molecular weight is 391 g/mol. The molecule has 8 heteroatoms. The van der Waals surface area contributed by atoms with Gasteiger partial charge < -0.3 is 18.4 Å². The van der Waals surface area contributed by atoms with E-state index in [-0.39, 0.29) is 18.2 Å². The van der Waals surface area contributed by atoms with Crippen molar-refractivity contribution in [1.29, 1.82) is 0 Å². The Morgan fingerprint density at radius 1 is 1.00 bits per heavy atom. The summed E-state index contributed by atoms with van der Waals surface area (Å²) < 4.78 is 21.1. The third-order valence-corrected chi connectivity index (χ3v) is 4.15. The molecule has 0 aliphatic heterocycles. The number of rotatable bonds is 6. The van der Waals surface area contributed by atoms with Gasteiger partial charge in [-0.2, -0.15) is 4.98 Å². The zero-order valence-electron chi connectivity index (χ0n) is 15.8. The van der Waals surface area contributed by atoms with Crippen molar-refractivity contribution in [2.75, 3.05) is 7.11 Å². The maximum atomic E-state index is 12.4. The zero-order valence-corrected chi connectivity index (χ0v) is 15.8. The molecule has 29 heavy (non-hydrogen) atoms. The molecule has 0 saturated heterocycles. The number of esters is 1. The molecule has 0 aliphatic carbocycles. The van der Waals surface area contributed by atoms with E-state index in [1.165, 1.54) is 0 Å². The lowest BCUT2D eigenvalue weighted by Crippen LogP contribution is -2.07. The van der Waals surface area contributed by atoms with Crippen molar-refractivity contribution in [3.05, 3.63) is 71.9 Å². The largest absolute Gasteiger partial charge is 0.497 e. The molecule has 8 nitrogen and oxygen atoms in total. The highest BCUT2D eigenvalue weighted by atomic mass is 16.6. The van der Waals surface area contributed by atoms with Crippen molar-refractivity contribution in [2.45, 2.75) is 13.5 Å². The normalized spacial score (nSPS) is 10.7. The number of carbonyl (C=O) groups excluding carboxylic acids is 1. The van der Waals surface area contributed by atoms with Gasteiger partial charge in [-0.15, -0.1) is 0 Å². The van der Waals surface area contributed by atoms with Crippen LogP contribution in [-0.2, 0) is 11.3 Å². The second-order valence-electron chi connectivity index (χ2n) is 6.11. The Bertz CT molecular complexity index is 1120. The van der Waals surface area contributed by atoms with Crippen molar-refractivity contribution in [3.63, 3.8) is 0 Å². The van der Waals surface area contributed by atoms with E-state index >= 15 is 0 Å². The lowest BCUT2D eigenvalue weighted by atomic mass is 10.2. The van der Waals surface area contributed by atoms with Crippen LogP contribution in [0.4, 0.5) is 0 Å². The van der Waals surface area contributed by atoms with Gasteiger partial charge in [0, 0.05) is 11.1 Å². The average Bonchev–Trinajstić information content (AvgIpc) is 3.40. The fourth-order valence-corrected chi connectivity index (χ4v) is 2.66. The molecule has 4 rings (SSSR count). The van der Waals surface area contributed by atoms with Gasteiger partial charge >= 0.3 is 5.97 Å². The first kappa shape index (κ1) is 18.4. The second kappa shape index (κ2) is 7.97. The van der Waals surface area contributed by atoms with E-state index in [9.17, 15) is 4.79 Å². The molecule has 0 aliphatic rings. The summed E-state index contributed by atoms with van der Waals surface area (Å²) >= 11 is 0. The first-order chi connectivity index (χ1) is 14.1. The Morgan fingerprint density at radius 3 is 2.48 bits per heavy atom. The number of ether oxygens (including phenoxy) is 2.